The van der Waals surface area contributed by atoms with Gasteiger partial charge in [-0.05, 0) is 41.1 Å². The lowest BCUT2D eigenvalue weighted by atomic mass is 10.1. The molecular formula is C26H20ClFN6O5. The van der Waals surface area contributed by atoms with Crippen molar-refractivity contribution in [2.75, 3.05) is 12.4 Å². The first kappa shape index (κ1) is 26.9. The van der Waals surface area contributed by atoms with Crippen molar-refractivity contribution >= 4 is 41.1 Å². The molecule has 0 saturated heterocycles. The summed E-state index contributed by atoms with van der Waals surface area (Å²) in [5, 5.41) is 25.6. The third-order valence-corrected chi connectivity index (χ3v) is 5.75. The van der Waals surface area contributed by atoms with Gasteiger partial charge >= 0.3 is 5.97 Å². The lowest BCUT2D eigenvalue weighted by Gasteiger charge is -2.19. The van der Waals surface area contributed by atoms with Crippen molar-refractivity contribution in [3.8, 4) is 11.4 Å². The highest BCUT2D eigenvalue weighted by Crippen LogP contribution is 2.26. The molecule has 1 aromatic heterocycles. The summed E-state index contributed by atoms with van der Waals surface area (Å²) in [4.78, 5) is 38.6. The molecule has 0 unspecified atom stereocenters. The van der Waals surface area contributed by atoms with E-state index in [-0.39, 0.29) is 33.3 Å². The van der Waals surface area contributed by atoms with Crippen LogP contribution in [0.2, 0.25) is 5.02 Å². The number of rotatable bonds is 9. The van der Waals surface area contributed by atoms with Gasteiger partial charge < -0.3 is 20.5 Å². The number of carboxylic acid groups (broad SMARTS) is 1. The lowest BCUT2D eigenvalue weighted by Crippen LogP contribution is -2.36. The standard InChI is InChI=1S/C26H20ClFN6O5/c1-39-21-13-16(7-8-18(21)26(37)38)31-25(36)24(15-5-3-2-4-6-15)32-22(35)12-9-17-20(34-30-14-29-33-34)11-10-19(27)23(17)28/h2-14,24H,1H3,(H,31,36)(H,32,35)(H,37,38)/b12-9+/t24-/m0/s1. The number of tetrazole rings is 1. The molecule has 11 nitrogen and oxygen atoms in total. The molecule has 0 bridgehead atoms. The molecule has 4 aromatic rings. The molecule has 13 heteroatoms. The van der Waals surface area contributed by atoms with E-state index in [4.69, 9.17) is 16.3 Å². The van der Waals surface area contributed by atoms with E-state index in [1.54, 1.807) is 30.3 Å². The molecule has 0 spiro atoms. The molecular weight excluding hydrogens is 531 g/mol. The van der Waals surface area contributed by atoms with E-state index in [9.17, 15) is 23.9 Å². The Morgan fingerprint density at radius 2 is 1.90 bits per heavy atom. The number of ether oxygens (including phenoxy) is 1. The van der Waals surface area contributed by atoms with Crippen LogP contribution in [0.25, 0.3) is 11.8 Å². The van der Waals surface area contributed by atoms with Crippen LogP contribution < -0.4 is 15.4 Å². The number of carboxylic acids is 1. The van der Waals surface area contributed by atoms with E-state index in [1.807, 2.05) is 0 Å². The normalized spacial score (nSPS) is 11.7. The number of nitrogens with one attached hydrogen (secondary N) is 2. The molecule has 0 saturated carbocycles. The monoisotopic (exact) mass is 550 g/mol. The van der Waals surface area contributed by atoms with Crippen LogP contribution >= 0.6 is 11.6 Å². The Morgan fingerprint density at radius 1 is 1.13 bits per heavy atom. The zero-order valence-electron chi connectivity index (χ0n) is 20.2. The van der Waals surface area contributed by atoms with E-state index in [2.05, 4.69) is 26.0 Å². The quantitative estimate of drug-likeness (QED) is 0.267. The summed E-state index contributed by atoms with van der Waals surface area (Å²) < 4.78 is 19.9. The fraction of sp³-hybridized carbons (Fsp3) is 0.0769. The summed E-state index contributed by atoms with van der Waals surface area (Å²) in [7, 11) is 1.31. The van der Waals surface area contributed by atoms with E-state index in [0.717, 1.165) is 10.9 Å². The minimum absolute atomic E-state index is 0.0461. The minimum atomic E-state index is -1.19. The van der Waals surface area contributed by atoms with Crippen LogP contribution in [0.3, 0.4) is 0 Å². The molecule has 1 heterocycles. The van der Waals surface area contributed by atoms with Gasteiger partial charge in [-0.2, -0.15) is 0 Å². The molecule has 0 radical (unpaired) electrons. The Hall–Kier alpha value is -5.10. The zero-order chi connectivity index (χ0) is 27.9. The van der Waals surface area contributed by atoms with Crippen molar-refractivity contribution in [1.29, 1.82) is 0 Å². The Morgan fingerprint density at radius 3 is 2.56 bits per heavy atom. The average Bonchev–Trinajstić information content (AvgIpc) is 3.47. The number of benzene rings is 3. The van der Waals surface area contributed by atoms with E-state index in [1.165, 1.54) is 49.8 Å². The fourth-order valence-electron chi connectivity index (χ4n) is 3.62. The number of anilines is 1. The predicted molar refractivity (Wildman–Crippen MR) is 139 cm³/mol. The van der Waals surface area contributed by atoms with E-state index >= 15 is 0 Å². The molecule has 0 aliphatic rings. The predicted octanol–water partition coefficient (Wildman–Crippen LogP) is 3.67. The van der Waals surface area contributed by atoms with E-state index in [0.29, 0.717) is 5.56 Å². The van der Waals surface area contributed by atoms with Crippen LogP contribution in [0, 0.1) is 5.82 Å². The van der Waals surface area contributed by atoms with Gasteiger partial charge in [-0.15, -0.1) is 15.0 Å². The fourth-order valence-corrected chi connectivity index (χ4v) is 3.79. The highest BCUT2D eigenvalue weighted by Gasteiger charge is 2.23. The van der Waals surface area contributed by atoms with Crippen molar-refractivity contribution in [3.05, 3.63) is 101 Å². The van der Waals surface area contributed by atoms with Gasteiger partial charge in [0.25, 0.3) is 5.91 Å². The first-order chi connectivity index (χ1) is 18.8. The first-order valence-electron chi connectivity index (χ1n) is 11.3. The summed E-state index contributed by atoms with van der Waals surface area (Å²) >= 11 is 5.92. The molecule has 0 aliphatic heterocycles. The Balaban J connectivity index is 1.59. The molecule has 3 aromatic carbocycles. The second-order valence-corrected chi connectivity index (χ2v) is 8.32. The Kier molecular flexibility index (Phi) is 8.27. The van der Waals surface area contributed by atoms with Crippen molar-refractivity contribution < 1.29 is 28.6 Å². The molecule has 198 valence electrons. The average molecular weight is 551 g/mol. The van der Waals surface area contributed by atoms with Gasteiger partial charge in [-0.25, -0.2) is 9.18 Å². The third kappa shape index (κ3) is 6.25. The molecule has 1 atom stereocenters. The van der Waals surface area contributed by atoms with E-state index < -0.39 is 29.6 Å². The van der Waals surface area contributed by atoms with Crippen LogP contribution in [-0.4, -0.2) is 50.2 Å². The lowest BCUT2D eigenvalue weighted by molar-refractivity contribution is -0.123. The summed E-state index contributed by atoms with van der Waals surface area (Å²) in [6.07, 6.45) is 3.40. The number of carbonyl (C=O) groups excluding carboxylic acids is 2. The maximum Gasteiger partial charge on any atom is 0.339 e. The van der Waals surface area contributed by atoms with Gasteiger partial charge in [-0.3, -0.25) is 9.59 Å². The molecule has 3 N–H and O–H groups in total. The van der Waals surface area contributed by atoms with Crippen LogP contribution in [0.5, 0.6) is 5.75 Å². The number of aromatic carboxylic acids is 1. The number of amides is 2. The van der Waals surface area contributed by atoms with Crippen molar-refractivity contribution in [2.45, 2.75) is 6.04 Å². The third-order valence-electron chi connectivity index (χ3n) is 5.46. The summed E-state index contributed by atoms with van der Waals surface area (Å²) in [6.45, 7) is 0. The number of halogens is 2. The summed E-state index contributed by atoms with van der Waals surface area (Å²) in [5.41, 5.74) is 0.754. The number of carbonyl (C=O) groups is 3. The number of hydrogen-bond acceptors (Lipinski definition) is 7. The SMILES string of the molecule is COc1cc(NC(=O)[C@@H](NC(=O)/C=C/c2c(-n3ncnn3)ccc(Cl)c2F)c2ccccc2)ccc1C(=O)O. The van der Waals surface area contributed by atoms with Crippen LogP contribution in [0.15, 0.2) is 73.1 Å². The second-order valence-electron chi connectivity index (χ2n) is 7.91. The summed E-state index contributed by atoms with van der Waals surface area (Å²) in [5.74, 6) is -3.27. The molecule has 0 fully saturated rings. The van der Waals surface area contributed by atoms with Gasteiger partial charge in [0.05, 0.1) is 17.8 Å². The van der Waals surface area contributed by atoms with Gasteiger partial charge in [-0.1, -0.05) is 41.9 Å². The highest BCUT2D eigenvalue weighted by atomic mass is 35.5. The minimum Gasteiger partial charge on any atom is -0.496 e. The molecule has 39 heavy (non-hydrogen) atoms. The number of methoxy groups -OCH3 is 1. The maximum absolute atomic E-state index is 14.8. The van der Waals surface area contributed by atoms with Gasteiger partial charge in [0.2, 0.25) is 5.91 Å². The van der Waals surface area contributed by atoms with Crippen molar-refractivity contribution in [2.24, 2.45) is 0 Å². The Labute approximate surface area is 225 Å². The zero-order valence-corrected chi connectivity index (χ0v) is 21.0. The van der Waals surface area contributed by atoms with Crippen molar-refractivity contribution in [1.82, 2.24) is 25.5 Å². The number of aromatic nitrogens is 4. The summed E-state index contributed by atoms with van der Waals surface area (Å²) in [6, 6.07) is 14.1. The highest BCUT2D eigenvalue weighted by molar-refractivity contribution is 6.31. The van der Waals surface area contributed by atoms with Crippen LogP contribution in [-0.2, 0) is 9.59 Å². The number of nitrogens with zero attached hydrogens (tertiary/aromatic N) is 4. The molecule has 4 rings (SSSR count). The van der Waals surface area contributed by atoms with Gasteiger partial charge in [0.15, 0.2) is 12.1 Å². The van der Waals surface area contributed by atoms with Crippen LogP contribution in [0.4, 0.5) is 10.1 Å². The largest absolute Gasteiger partial charge is 0.496 e. The topological polar surface area (TPSA) is 148 Å². The van der Waals surface area contributed by atoms with Gasteiger partial charge in [0.1, 0.15) is 17.4 Å². The smallest absolute Gasteiger partial charge is 0.339 e. The maximum atomic E-state index is 14.8. The second kappa shape index (κ2) is 12.0. The van der Waals surface area contributed by atoms with Crippen molar-refractivity contribution in [3.63, 3.8) is 0 Å². The molecule has 2 amide bonds. The number of hydrogen-bond donors (Lipinski definition) is 3. The van der Waals surface area contributed by atoms with Gasteiger partial charge in [0, 0.05) is 23.4 Å². The molecule has 0 aliphatic carbocycles. The Bertz CT molecular complexity index is 1550. The van der Waals surface area contributed by atoms with Crippen LogP contribution in [0.1, 0.15) is 27.5 Å². The first-order valence-corrected chi connectivity index (χ1v) is 11.6.